The summed E-state index contributed by atoms with van der Waals surface area (Å²) < 4.78 is 11.1. The molecule has 0 aliphatic carbocycles. The molecule has 2 aromatic rings. The van der Waals surface area contributed by atoms with E-state index in [0.29, 0.717) is 18.3 Å². The number of nitrogens with zero attached hydrogens (tertiary/aromatic N) is 2. The molecule has 2 rings (SSSR count). The fourth-order valence-electron chi connectivity index (χ4n) is 1.51. The SMILES string of the molecule is CO[C@@H](C)c1noc(CN[C@@H](C)c2ccc(Cl)s2)n1. The summed E-state index contributed by atoms with van der Waals surface area (Å²) in [5.74, 6) is 1.11. The van der Waals surface area contributed by atoms with Crippen LogP contribution in [0.2, 0.25) is 4.34 Å². The highest BCUT2D eigenvalue weighted by atomic mass is 35.5. The van der Waals surface area contributed by atoms with Crippen molar-refractivity contribution in [3.63, 3.8) is 0 Å². The predicted octanol–water partition coefficient (Wildman–Crippen LogP) is 3.34. The zero-order valence-corrected chi connectivity index (χ0v) is 12.6. The molecule has 104 valence electrons. The highest BCUT2D eigenvalue weighted by Gasteiger charge is 2.14. The van der Waals surface area contributed by atoms with Crippen molar-refractivity contribution in [2.75, 3.05) is 7.11 Å². The minimum atomic E-state index is -0.161. The maximum atomic E-state index is 5.91. The van der Waals surface area contributed by atoms with E-state index in [9.17, 15) is 0 Å². The summed E-state index contributed by atoms with van der Waals surface area (Å²) in [7, 11) is 1.61. The smallest absolute Gasteiger partial charge is 0.240 e. The normalized spacial score (nSPS) is 14.5. The second-order valence-electron chi connectivity index (χ2n) is 4.17. The third-order valence-corrected chi connectivity index (χ3v) is 4.20. The molecule has 0 bridgehead atoms. The largest absolute Gasteiger partial charge is 0.374 e. The number of methoxy groups -OCH3 is 1. The molecule has 2 atom stereocenters. The van der Waals surface area contributed by atoms with Gasteiger partial charge >= 0.3 is 0 Å². The highest BCUT2D eigenvalue weighted by Crippen LogP contribution is 2.26. The van der Waals surface area contributed by atoms with Gasteiger partial charge in [-0.3, -0.25) is 0 Å². The molecule has 0 spiro atoms. The molecule has 0 unspecified atom stereocenters. The summed E-state index contributed by atoms with van der Waals surface area (Å²) >= 11 is 7.47. The van der Waals surface area contributed by atoms with Gasteiger partial charge in [-0.1, -0.05) is 16.8 Å². The minimum Gasteiger partial charge on any atom is -0.374 e. The van der Waals surface area contributed by atoms with Crippen molar-refractivity contribution in [2.45, 2.75) is 32.5 Å². The van der Waals surface area contributed by atoms with Gasteiger partial charge in [0.05, 0.1) is 10.9 Å². The quantitative estimate of drug-likeness (QED) is 0.886. The van der Waals surface area contributed by atoms with Crippen LogP contribution in [0, 0.1) is 0 Å². The molecule has 0 radical (unpaired) electrons. The summed E-state index contributed by atoms with van der Waals surface area (Å²) in [5.41, 5.74) is 0. The Hall–Kier alpha value is -0.950. The monoisotopic (exact) mass is 301 g/mol. The van der Waals surface area contributed by atoms with E-state index < -0.39 is 0 Å². The molecule has 2 aromatic heterocycles. The Morgan fingerprint density at radius 2 is 2.26 bits per heavy atom. The maximum absolute atomic E-state index is 5.91. The molecular formula is C12H16ClN3O2S. The topological polar surface area (TPSA) is 60.2 Å². The Bertz CT molecular complexity index is 529. The predicted molar refractivity (Wildman–Crippen MR) is 74.3 cm³/mol. The molecule has 0 aromatic carbocycles. The molecule has 1 N–H and O–H groups in total. The second-order valence-corrected chi connectivity index (χ2v) is 5.92. The highest BCUT2D eigenvalue weighted by molar-refractivity contribution is 7.16. The van der Waals surface area contributed by atoms with Crippen molar-refractivity contribution in [3.8, 4) is 0 Å². The van der Waals surface area contributed by atoms with Crippen molar-refractivity contribution in [1.29, 1.82) is 0 Å². The number of nitrogens with one attached hydrogen (secondary N) is 1. The van der Waals surface area contributed by atoms with Gasteiger partial charge in [0.1, 0.15) is 6.10 Å². The van der Waals surface area contributed by atoms with Gasteiger partial charge in [0.15, 0.2) is 5.82 Å². The number of halogens is 1. The Balaban J connectivity index is 1.90. The van der Waals surface area contributed by atoms with E-state index in [1.165, 1.54) is 4.88 Å². The van der Waals surface area contributed by atoms with E-state index in [4.69, 9.17) is 20.9 Å². The fraction of sp³-hybridized carbons (Fsp3) is 0.500. The number of rotatable bonds is 6. The maximum Gasteiger partial charge on any atom is 0.240 e. The number of aromatic nitrogens is 2. The molecule has 0 aliphatic heterocycles. The molecule has 2 heterocycles. The van der Waals surface area contributed by atoms with Crippen LogP contribution < -0.4 is 5.32 Å². The Morgan fingerprint density at radius 3 is 2.89 bits per heavy atom. The van der Waals surface area contributed by atoms with Crippen LogP contribution in [-0.2, 0) is 11.3 Å². The Labute approximate surface area is 120 Å². The van der Waals surface area contributed by atoms with Crippen LogP contribution in [0.3, 0.4) is 0 Å². The number of thiophene rings is 1. The van der Waals surface area contributed by atoms with Crippen LogP contribution in [0.5, 0.6) is 0 Å². The van der Waals surface area contributed by atoms with E-state index in [2.05, 4.69) is 22.4 Å². The van der Waals surface area contributed by atoms with Gasteiger partial charge in [-0.25, -0.2) is 0 Å². The van der Waals surface area contributed by atoms with Gasteiger partial charge in [0.25, 0.3) is 0 Å². The van der Waals surface area contributed by atoms with Crippen LogP contribution >= 0.6 is 22.9 Å². The summed E-state index contributed by atoms with van der Waals surface area (Å²) in [6.07, 6.45) is -0.161. The molecule has 0 aliphatic rings. The van der Waals surface area contributed by atoms with Crippen molar-refractivity contribution in [2.24, 2.45) is 0 Å². The van der Waals surface area contributed by atoms with Crippen LogP contribution in [0.1, 0.15) is 42.6 Å². The number of ether oxygens (including phenoxy) is 1. The standard InChI is InChI=1S/C12H16ClN3O2S/c1-7(9-4-5-10(13)19-9)14-6-11-15-12(16-18-11)8(2)17-3/h4-5,7-8,14H,6H2,1-3H3/t7-,8-/m0/s1. The van der Waals surface area contributed by atoms with Gasteiger partial charge in [0.2, 0.25) is 5.89 Å². The molecule has 0 saturated carbocycles. The first-order chi connectivity index (χ1) is 9.10. The second kappa shape index (κ2) is 6.47. The molecule has 0 saturated heterocycles. The summed E-state index contributed by atoms with van der Waals surface area (Å²) in [4.78, 5) is 5.44. The zero-order chi connectivity index (χ0) is 13.8. The third-order valence-electron chi connectivity index (χ3n) is 2.78. The first-order valence-electron chi connectivity index (χ1n) is 5.94. The third kappa shape index (κ3) is 3.76. The average molecular weight is 302 g/mol. The molecule has 0 amide bonds. The fourth-order valence-corrected chi connectivity index (χ4v) is 2.60. The average Bonchev–Trinajstić information content (AvgIpc) is 3.04. The first-order valence-corrected chi connectivity index (χ1v) is 7.13. The number of hydrogen-bond acceptors (Lipinski definition) is 6. The Morgan fingerprint density at radius 1 is 1.47 bits per heavy atom. The molecule has 5 nitrogen and oxygen atoms in total. The minimum absolute atomic E-state index is 0.161. The van der Waals surface area contributed by atoms with Crippen LogP contribution in [0.15, 0.2) is 16.7 Å². The van der Waals surface area contributed by atoms with Crippen molar-refractivity contribution >= 4 is 22.9 Å². The van der Waals surface area contributed by atoms with Gasteiger partial charge in [0, 0.05) is 18.0 Å². The van der Waals surface area contributed by atoms with Crippen LogP contribution in [-0.4, -0.2) is 17.3 Å². The lowest BCUT2D eigenvalue weighted by atomic mass is 10.3. The Kier molecular flexibility index (Phi) is 4.93. The summed E-state index contributed by atoms with van der Waals surface area (Å²) in [6, 6.07) is 4.09. The van der Waals surface area contributed by atoms with Crippen molar-refractivity contribution < 1.29 is 9.26 Å². The summed E-state index contributed by atoms with van der Waals surface area (Å²) in [6.45, 7) is 4.45. The van der Waals surface area contributed by atoms with E-state index in [-0.39, 0.29) is 12.1 Å². The molecule has 7 heteroatoms. The number of hydrogen-bond donors (Lipinski definition) is 1. The molecule has 0 fully saturated rings. The van der Waals surface area contributed by atoms with Gasteiger partial charge in [-0.2, -0.15) is 4.98 Å². The van der Waals surface area contributed by atoms with E-state index >= 15 is 0 Å². The van der Waals surface area contributed by atoms with Gasteiger partial charge in [-0.15, -0.1) is 11.3 Å². The van der Waals surface area contributed by atoms with Gasteiger partial charge in [-0.05, 0) is 26.0 Å². The first kappa shape index (κ1) is 14.5. The lowest BCUT2D eigenvalue weighted by molar-refractivity contribution is 0.109. The lowest BCUT2D eigenvalue weighted by Crippen LogP contribution is -2.17. The van der Waals surface area contributed by atoms with Crippen molar-refractivity contribution in [1.82, 2.24) is 15.5 Å². The molecule has 19 heavy (non-hydrogen) atoms. The lowest BCUT2D eigenvalue weighted by Gasteiger charge is -2.09. The van der Waals surface area contributed by atoms with E-state index in [0.717, 1.165) is 4.34 Å². The summed E-state index contributed by atoms with van der Waals surface area (Å²) in [5, 5.41) is 7.19. The van der Waals surface area contributed by atoms with Crippen LogP contribution in [0.4, 0.5) is 0 Å². The zero-order valence-electron chi connectivity index (χ0n) is 11.0. The van der Waals surface area contributed by atoms with Crippen molar-refractivity contribution in [3.05, 3.63) is 33.1 Å². The van der Waals surface area contributed by atoms with Crippen LogP contribution in [0.25, 0.3) is 0 Å². The van der Waals surface area contributed by atoms with E-state index in [1.54, 1.807) is 18.4 Å². The molecular weight excluding hydrogens is 286 g/mol. The van der Waals surface area contributed by atoms with Gasteiger partial charge < -0.3 is 14.6 Å². The van der Waals surface area contributed by atoms with E-state index in [1.807, 2.05) is 19.1 Å².